The molecular weight excluding hydrogens is 370 g/mol. The lowest BCUT2D eigenvalue weighted by Gasteiger charge is -2.34. The Hall–Kier alpha value is -2.45. The van der Waals surface area contributed by atoms with E-state index in [0.29, 0.717) is 24.5 Å². The van der Waals surface area contributed by atoms with Gasteiger partial charge >= 0.3 is 0 Å². The van der Waals surface area contributed by atoms with Gasteiger partial charge in [-0.2, -0.15) is 9.97 Å². The van der Waals surface area contributed by atoms with E-state index in [-0.39, 0.29) is 12.0 Å². The predicted octanol–water partition coefficient (Wildman–Crippen LogP) is 3.38. The topological polar surface area (TPSA) is 80.7 Å². The standard InChI is InChI=1S/C21H27N5O3/c1-14(2)26-11-12-27-18(13-26)19-23-20(29-24-19)15-7-9-25(10-8-15)21-22-16-5-3-4-6-17(16)28-21/h3-6,14-15,18H,7-13H2,1-2H3/t18-/m0/s1. The van der Waals surface area contributed by atoms with Crippen molar-refractivity contribution in [2.45, 2.75) is 44.8 Å². The van der Waals surface area contributed by atoms with Gasteiger partial charge < -0.3 is 18.6 Å². The first-order valence-electron chi connectivity index (χ1n) is 10.5. The number of morpholine rings is 1. The van der Waals surface area contributed by atoms with Crippen LogP contribution in [0.15, 0.2) is 33.2 Å². The second kappa shape index (κ2) is 7.76. The molecule has 2 saturated heterocycles. The summed E-state index contributed by atoms with van der Waals surface area (Å²) in [6.07, 6.45) is 1.76. The van der Waals surface area contributed by atoms with Gasteiger partial charge in [0.05, 0.1) is 6.61 Å². The van der Waals surface area contributed by atoms with Crippen molar-refractivity contribution in [3.05, 3.63) is 36.0 Å². The van der Waals surface area contributed by atoms with E-state index < -0.39 is 0 Å². The molecule has 154 valence electrons. The molecule has 4 heterocycles. The van der Waals surface area contributed by atoms with Crippen molar-refractivity contribution in [2.24, 2.45) is 0 Å². The minimum absolute atomic E-state index is 0.108. The molecular formula is C21H27N5O3. The molecule has 3 aromatic rings. The average molecular weight is 397 g/mol. The smallest absolute Gasteiger partial charge is 0.298 e. The maximum atomic E-state index is 5.90. The number of rotatable bonds is 4. The number of fused-ring (bicyclic) bond motifs is 1. The molecule has 5 rings (SSSR count). The third kappa shape index (κ3) is 3.74. The SMILES string of the molecule is CC(C)N1CCO[C@H](c2noc(C3CCN(c4nc5ccccc5o4)CC3)n2)C1. The molecule has 29 heavy (non-hydrogen) atoms. The maximum Gasteiger partial charge on any atom is 0.298 e. The third-order valence-electron chi connectivity index (χ3n) is 5.97. The second-order valence-corrected chi connectivity index (χ2v) is 8.16. The third-order valence-corrected chi connectivity index (χ3v) is 5.97. The minimum Gasteiger partial charge on any atom is -0.423 e. The zero-order valence-electron chi connectivity index (χ0n) is 17.0. The van der Waals surface area contributed by atoms with Crippen molar-refractivity contribution in [1.82, 2.24) is 20.0 Å². The molecule has 0 N–H and O–H groups in total. The van der Waals surface area contributed by atoms with Gasteiger partial charge in [-0.05, 0) is 38.8 Å². The molecule has 0 bridgehead atoms. The van der Waals surface area contributed by atoms with E-state index in [2.05, 4.69) is 33.8 Å². The lowest BCUT2D eigenvalue weighted by Crippen LogP contribution is -2.42. The minimum atomic E-state index is -0.108. The van der Waals surface area contributed by atoms with Crippen LogP contribution in [0.2, 0.25) is 0 Å². The van der Waals surface area contributed by atoms with Crippen LogP contribution >= 0.6 is 0 Å². The van der Waals surface area contributed by atoms with Crippen LogP contribution in [0.4, 0.5) is 6.01 Å². The number of benzene rings is 1. The second-order valence-electron chi connectivity index (χ2n) is 8.16. The van der Waals surface area contributed by atoms with E-state index in [0.717, 1.165) is 56.0 Å². The molecule has 0 radical (unpaired) electrons. The van der Waals surface area contributed by atoms with Crippen LogP contribution in [-0.4, -0.2) is 58.9 Å². The molecule has 1 atom stereocenters. The summed E-state index contributed by atoms with van der Waals surface area (Å²) in [6.45, 7) is 8.59. The largest absolute Gasteiger partial charge is 0.423 e. The van der Waals surface area contributed by atoms with Gasteiger partial charge in [-0.15, -0.1) is 0 Å². The van der Waals surface area contributed by atoms with Crippen LogP contribution in [0.1, 0.15) is 50.4 Å². The fourth-order valence-corrected chi connectivity index (χ4v) is 4.15. The Labute approximate surface area is 169 Å². The Kier molecular flexibility index (Phi) is 4.97. The lowest BCUT2D eigenvalue weighted by atomic mass is 9.97. The quantitative estimate of drug-likeness (QED) is 0.663. The van der Waals surface area contributed by atoms with Gasteiger partial charge in [0.15, 0.2) is 5.58 Å². The van der Waals surface area contributed by atoms with E-state index >= 15 is 0 Å². The molecule has 0 saturated carbocycles. The summed E-state index contributed by atoms with van der Waals surface area (Å²) in [5.41, 5.74) is 1.73. The van der Waals surface area contributed by atoms with Crippen LogP contribution in [-0.2, 0) is 4.74 Å². The Morgan fingerprint density at radius 1 is 1.07 bits per heavy atom. The number of nitrogens with zero attached hydrogens (tertiary/aromatic N) is 5. The Balaban J connectivity index is 1.22. The summed E-state index contributed by atoms with van der Waals surface area (Å²) in [6, 6.07) is 9.05. The fourth-order valence-electron chi connectivity index (χ4n) is 4.15. The first-order chi connectivity index (χ1) is 14.2. The molecule has 0 spiro atoms. The van der Waals surface area contributed by atoms with E-state index in [4.69, 9.17) is 18.7 Å². The fraction of sp³-hybridized carbons (Fsp3) is 0.571. The van der Waals surface area contributed by atoms with E-state index in [1.807, 2.05) is 24.3 Å². The molecule has 2 aliphatic heterocycles. The number of hydrogen-bond donors (Lipinski definition) is 0. The predicted molar refractivity (Wildman–Crippen MR) is 108 cm³/mol. The highest BCUT2D eigenvalue weighted by Crippen LogP contribution is 2.32. The van der Waals surface area contributed by atoms with E-state index in [1.54, 1.807) is 0 Å². The number of oxazole rings is 1. The highest BCUT2D eigenvalue weighted by atomic mass is 16.5. The summed E-state index contributed by atoms with van der Waals surface area (Å²) in [4.78, 5) is 13.9. The van der Waals surface area contributed by atoms with Crippen LogP contribution in [0.5, 0.6) is 0 Å². The monoisotopic (exact) mass is 397 g/mol. The van der Waals surface area contributed by atoms with Gasteiger partial charge in [0.2, 0.25) is 11.7 Å². The summed E-state index contributed by atoms with van der Waals surface area (Å²) in [7, 11) is 0. The summed E-state index contributed by atoms with van der Waals surface area (Å²) >= 11 is 0. The number of para-hydroxylation sites is 2. The van der Waals surface area contributed by atoms with Gasteiger partial charge in [0, 0.05) is 38.1 Å². The summed E-state index contributed by atoms with van der Waals surface area (Å²) < 4.78 is 17.4. The maximum absolute atomic E-state index is 5.90. The molecule has 1 aromatic carbocycles. The van der Waals surface area contributed by atoms with E-state index in [1.165, 1.54) is 0 Å². The highest BCUT2D eigenvalue weighted by Gasteiger charge is 2.31. The number of aromatic nitrogens is 3. The first kappa shape index (κ1) is 18.6. The van der Waals surface area contributed by atoms with Crippen molar-refractivity contribution in [3.63, 3.8) is 0 Å². The molecule has 0 unspecified atom stereocenters. The first-order valence-corrected chi connectivity index (χ1v) is 10.5. The average Bonchev–Trinajstić information content (AvgIpc) is 3.41. The molecule has 8 heteroatoms. The van der Waals surface area contributed by atoms with Crippen molar-refractivity contribution in [3.8, 4) is 0 Å². The molecule has 2 aliphatic rings. The van der Waals surface area contributed by atoms with Gasteiger partial charge in [-0.25, -0.2) is 0 Å². The molecule has 0 amide bonds. The van der Waals surface area contributed by atoms with Crippen molar-refractivity contribution in [2.75, 3.05) is 37.7 Å². The van der Waals surface area contributed by atoms with Crippen LogP contribution < -0.4 is 4.90 Å². The van der Waals surface area contributed by atoms with Gasteiger partial charge in [-0.1, -0.05) is 17.3 Å². The summed E-state index contributed by atoms with van der Waals surface area (Å²) in [5.74, 6) is 1.66. The Morgan fingerprint density at radius 3 is 2.69 bits per heavy atom. The zero-order chi connectivity index (χ0) is 19.8. The number of ether oxygens (including phenoxy) is 1. The number of anilines is 1. The molecule has 0 aliphatic carbocycles. The summed E-state index contributed by atoms with van der Waals surface area (Å²) in [5, 5.41) is 4.23. The Morgan fingerprint density at radius 2 is 1.90 bits per heavy atom. The van der Waals surface area contributed by atoms with Crippen molar-refractivity contribution >= 4 is 17.1 Å². The lowest BCUT2D eigenvalue weighted by molar-refractivity contribution is -0.0450. The van der Waals surface area contributed by atoms with Crippen LogP contribution in [0.3, 0.4) is 0 Å². The molecule has 2 fully saturated rings. The highest BCUT2D eigenvalue weighted by molar-refractivity contribution is 5.74. The van der Waals surface area contributed by atoms with Crippen molar-refractivity contribution in [1.29, 1.82) is 0 Å². The van der Waals surface area contributed by atoms with Crippen LogP contribution in [0, 0.1) is 0 Å². The van der Waals surface area contributed by atoms with Crippen LogP contribution in [0.25, 0.3) is 11.1 Å². The zero-order valence-corrected chi connectivity index (χ0v) is 17.0. The molecule has 2 aromatic heterocycles. The number of hydrogen-bond acceptors (Lipinski definition) is 8. The Bertz CT molecular complexity index is 927. The van der Waals surface area contributed by atoms with Crippen molar-refractivity contribution < 1.29 is 13.7 Å². The molecule has 8 nitrogen and oxygen atoms in total. The number of piperidine rings is 1. The normalized spacial score (nSPS) is 22.0. The van der Waals surface area contributed by atoms with E-state index in [9.17, 15) is 0 Å². The van der Waals surface area contributed by atoms with Gasteiger partial charge in [-0.3, -0.25) is 4.90 Å². The van der Waals surface area contributed by atoms with Gasteiger partial charge in [0.25, 0.3) is 6.01 Å². The van der Waals surface area contributed by atoms with Gasteiger partial charge in [0.1, 0.15) is 11.6 Å².